The zero-order chi connectivity index (χ0) is 17.2. The third-order valence-electron chi connectivity index (χ3n) is 3.49. The number of carbonyl (C=O) groups excluding carboxylic acids is 2. The van der Waals surface area contributed by atoms with Crippen molar-refractivity contribution in [3.63, 3.8) is 0 Å². The molecule has 0 spiro atoms. The van der Waals surface area contributed by atoms with Gasteiger partial charge in [-0.1, -0.05) is 44.2 Å². The maximum absolute atomic E-state index is 12.1. The van der Waals surface area contributed by atoms with Gasteiger partial charge in [0.15, 0.2) is 0 Å². The van der Waals surface area contributed by atoms with Crippen molar-refractivity contribution < 1.29 is 9.59 Å². The third-order valence-corrected chi connectivity index (χ3v) is 3.49. The normalized spacial score (nSPS) is 11.9. The van der Waals surface area contributed by atoms with E-state index in [1.807, 2.05) is 44.2 Å². The molecule has 5 heteroatoms. The largest absolute Gasteiger partial charge is 0.350 e. The summed E-state index contributed by atoms with van der Waals surface area (Å²) in [6.07, 6.45) is 0.307. The second kappa shape index (κ2) is 9.87. The predicted molar refractivity (Wildman–Crippen MR) is 93.1 cm³/mol. The molecule has 0 aliphatic carbocycles. The van der Waals surface area contributed by atoms with Crippen molar-refractivity contribution >= 4 is 11.9 Å². The molecular formula is C18H29N3O2. The molecular weight excluding hydrogens is 290 g/mol. The molecule has 5 nitrogen and oxygen atoms in total. The average molecular weight is 319 g/mol. The topological polar surface area (TPSA) is 61.4 Å². The number of urea groups is 1. The third kappa shape index (κ3) is 7.17. The Bertz CT molecular complexity index is 488. The van der Waals surface area contributed by atoms with Crippen LogP contribution in [0.3, 0.4) is 0 Å². The lowest BCUT2D eigenvalue weighted by atomic mass is 10.1. The van der Waals surface area contributed by atoms with Crippen LogP contribution in [0.4, 0.5) is 4.79 Å². The quantitative estimate of drug-likeness (QED) is 0.774. The standard InChI is InChI=1S/C18H29N3O2/c1-5-19-18(23)21(13-14(2)3)12-11-17(22)20-15(4)16-9-7-6-8-10-16/h6-10,14-15H,5,11-13H2,1-4H3,(H,19,23)(H,20,22). The number of benzene rings is 1. The van der Waals surface area contributed by atoms with Gasteiger partial charge in [-0.2, -0.15) is 0 Å². The zero-order valence-electron chi connectivity index (χ0n) is 14.6. The number of hydrogen-bond acceptors (Lipinski definition) is 2. The Hall–Kier alpha value is -2.04. The molecule has 0 heterocycles. The molecule has 0 aliphatic heterocycles. The minimum absolute atomic E-state index is 0.0354. The van der Waals surface area contributed by atoms with Crippen LogP contribution in [0.25, 0.3) is 0 Å². The molecule has 1 rings (SSSR count). The molecule has 0 fully saturated rings. The number of hydrogen-bond donors (Lipinski definition) is 2. The molecule has 0 bridgehead atoms. The van der Waals surface area contributed by atoms with Crippen molar-refractivity contribution in [2.45, 2.75) is 40.2 Å². The molecule has 128 valence electrons. The van der Waals surface area contributed by atoms with E-state index in [-0.39, 0.29) is 18.0 Å². The van der Waals surface area contributed by atoms with Crippen molar-refractivity contribution in [3.05, 3.63) is 35.9 Å². The summed E-state index contributed by atoms with van der Waals surface area (Å²) in [5.74, 6) is 0.323. The van der Waals surface area contributed by atoms with Crippen LogP contribution in [0.1, 0.15) is 45.7 Å². The van der Waals surface area contributed by atoms with E-state index in [1.165, 1.54) is 0 Å². The molecule has 1 aromatic rings. The first-order valence-corrected chi connectivity index (χ1v) is 8.31. The van der Waals surface area contributed by atoms with E-state index in [9.17, 15) is 9.59 Å². The SMILES string of the molecule is CCNC(=O)N(CCC(=O)NC(C)c1ccccc1)CC(C)C. The molecule has 0 aliphatic rings. The fourth-order valence-corrected chi connectivity index (χ4v) is 2.35. The minimum atomic E-state index is -0.106. The highest BCUT2D eigenvalue weighted by atomic mass is 16.2. The van der Waals surface area contributed by atoms with E-state index >= 15 is 0 Å². The van der Waals surface area contributed by atoms with Gasteiger partial charge in [0.1, 0.15) is 0 Å². The van der Waals surface area contributed by atoms with Gasteiger partial charge in [0.05, 0.1) is 6.04 Å². The second-order valence-corrected chi connectivity index (χ2v) is 6.13. The first-order chi connectivity index (χ1) is 10.9. The molecule has 0 aromatic heterocycles. The maximum atomic E-state index is 12.1. The van der Waals surface area contributed by atoms with Gasteiger partial charge >= 0.3 is 6.03 Å². The van der Waals surface area contributed by atoms with Crippen molar-refractivity contribution in [2.75, 3.05) is 19.6 Å². The summed E-state index contributed by atoms with van der Waals surface area (Å²) in [5.41, 5.74) is 1.07. The summed E-state index contributed by atoms with van der Waals surface area (Å²) in [6, 6.07) is 9.70. The van der Waals surface area contributed by atoms with E-state index in [2.05, 4.69) is 24.5 Å². The first kappa shape index (κ1) is 19.0. The highest BCUT2D eigenvalue weighted by Gasteiger charge is 2.16. The highest BCUT2D eigenvalue weighted by molar-refractivity contribution is 5.78. The van der Waals surface area contributed by atoms with E-state index in [0.717, 1.165) is 5.56 Å². The molecule has 0 radical (unpaired) electrons. The van der Waals surface area contributed by atoms with Crippen LogP contribution < -0.4 is 10.6 Å². The van der Waals surface area contributed by atoms with Crippen LogP contribution in [0.15, 0.2) is 30.3 Å². The lowest BCUT2D eigenvalue weighted by molar-refractivity contribution is -0.121. The van der Waals surface area contributed by atoms with Crippen LogP contribution >= 0.6 is 0 Å². The van der Waals surface area contributed by atoms with Gasteiger partial charge in [0.25, 0.3) is 0 Å². The Morgan fingerprint density at radius 2 is 1.78 bits per heavy atom. The maximum Gasteiger partial charge on any atom is 0.317 e. The number of nitrogens with zero attached hydrogens (tertiary/aromatic N) is 1. The van der Waals surface area contributed by atoms with Gasteiger partial charge in [-0.3, -0.25) is 4.79 Å². The van der Waals surface area contributed by atoms with Crippen LogP contribution in [0, 0.1) is 5.92 Å². The lowest BCUT2D eigenvalue weighted by Gasteiger charge is -2.25. The number of nitrogens with one attached hydrogen (secondary N) is 2. The van der Waals surface area contributed by atoms with Gasteiger partial charge in [-0.15, -0.1) is 0 Å². The zero-order valence-corrected chi connectivity index (χ0v) is 14.6. The molecule has 3 amide bonds. The van der Waals surface area contributed by atoms with Crippen LogP contribution in [-0.4, -0.2) is 36.5 Å². The van der Waals surface area contributed by atoms with E-state index in [1.54, 1.807) is 4.90 Å². The smallest absolute Gasteiger partial charge is 0.317 e. The fourth-order valence-electron chi connectivity index (χ4n) is 2.35. The summed E-state index contributed by atoms with van der Waals surface area (Å²) < 4.78 is 0. The second-order valence-electron chi connectivity index (χ2n) is 6.13. The van der Waals surface area contributed by atoms with Gasteiger partial charge < -0.3 is 15.5 Å². The van der Waals surface area contributed by atoms with E-state index in [4.69, 9.17) is 0 Å². The Balaban J connectivity index is 2.49. The van der Waals surface area contributed by atoms with Gasteiger partial charge in [0.2, 0.25) is 5.91 Å². The van der Waals surface area contributed by atoms with Crippen molar-refractivity contribution in [2.24, 2.45) is 5.92 Å². The highest BCUT2D eigenvalue weighted by Crippen LogP contribution is 2.11. The summed E-state index contributed by atoms with van der Waals surface area (Å²) in [5, 5.41) is 5.78. The first-order valence-electron chi connectivity index (χ1n) is 8.31. The Morgan fingerprint density at radius 1 is 1.13 bits per heavy atom. The lowest BCUT2D eigenvalue weighted by Crippen LogP contribution is -2.43. The van der Waals surface area contributed by atoms with E-state index < -0.39 is 0 Å². The minimum Gasteiger partial charge on any atom is -0.350 e. The van der Waals surface area contributed by atoms with Gasteiger partial charge in [0, 0.05) is 26.1 Å². The van der Waals surface area contributed by atoms with Gasteiger partial charge in [-0.25, -0.2) is 4.79 Å². The van der Waals surface area contributed by atoms with Crippen molar-refractivity contribution in [1.82, 2.24) is 15.5 Å². The molecule has 1 atom stereocenters. The summed E-state index contributed by atoms with van der Waals surface area (Å²) >= 11 is 0. The molecule has 23 heavy (non-hydrogen) atoms. The van der Waals surface area contributed by atoms with Crippen LogP contribution in [-0.2, 0) is 4.79 Å². The summed E-state index contributed by atoms with van der Waals surface area (Å²) in [4.78, 5) is 25.9. The number of carbonyl (C=O) groups is 2. The van der Waals surface area contributed by atoms with Crippen molar-refractivity contribution in [1.29, 1.82) is 0 Å². The Labute approximate surface area is 139 Å². The number of rotatable bonds is 8. The van der Waals surface area contributed by atoms with Gasteiger partial charge in [-0.05, 0) is 25.3 Å². The molecule has 1 aromatic carbocycles. The van der Waals surface area contributed by atoms with Crippen LogP contribution in [0.2, 0.25) is 0 Å². The summed E-state index contributed by atoms with van der Waals surface area (Å²) in [7, 11) is 0. The van der Waals surface area contributed by atoms with Crippen LogP contribution in [0.5, 0.6) is 0 Å². The predicted octanol–water partition coefficient (Wildman–Crippen LogP) is 2.94. The fraction of sp³-hybridized carbons (Fsp3) is 0.556. The molecule has 0 saturated carbocycles. The number of amides is 3. The van der Waals surface area contributed by atoms with Crippen molar-refractivity contribution in [3.8, 4) is 0 Å². The average Bonchev–Trinajstić information content (AvgIpc) is 2.52. The molecule has 2 N–H and O–H groups in total. The Kier molecular flexibility index (Phi) is 8.16. The molecule has 1 unspecified atom stereocenters. The Morgan fingerprint density at radius 3 is 2.35 bits per heavy atom. The van der Waals surface area contributed by atoms with E-state index in [0.29, 0.717) is 32.0 Å². The monoisotopic (exact) mass is 319 g/mol. The summed E-state index contributed by atoms with van der Waals surface area (Å²) in [6.45, 7) is 9.63. The molecule has 0 saturated heterocycles.